The SMILES string of the molecule is CCCCCCCCCCCCOC(=O)CCC(C)I. The Kier molecular flexibility index (Phi) is 15.7. The summed E-state index contributed by atoms with van der Waals surface area (Å²) in [5, 5.41) is 0. The van der Waals surface area contributed by atoms with Gasteiger partial charge in [-0.05, 0) is 12.8 Å². The van der Waals surface area contributed by atoms with Crippen molar-refractivity contribution in [1.29, 1.82) is 0 Å². The third-order valence-corrected chi connectivity index (χ3v) is 4.13. The van der Waals surface area contributed by atoms with E-state index in [-0.39, 0.29) is 5.97 Å². The zero-order valence-electron chi connectivity index (χ0n) is 13.5. The van der Waals surface area contributed by atoms with Crippen LogP contribution >= 0.6 is 22.6 Å². The first-order valence-corrected chi connectivity index (χ1v) is 9.71. The summed E-state index contributed by atoms with van der Waals surface area (Å²) < 4.78 is 5.78. The Labute approximate surface area is 139 Å². The van der Waals surface area contributed by atoms with Crippen molar-refractivity contribution in [2.24, 2.45) is 0 Å². The molecule has 120 valence electrons. The number of carbonyl (C=O) groups excluding carboxylic acids is 1. The first-order valence-electron chi connectivity index (χ1n) is 8.46. The summed E-state index contributed by atoms with van der Waals surface area (Å²) in [6.07, 6.45) is 14.6. The molecule has 0 aliphatic carbocycles. The van der Waals surface area contributed by atoms with Gasteiger partial charge >= 0.3 is 5.97 Å². The summed E-state index contributed by atoms with van der Waals surface area (Å²) in [4.78, 5) is 11.4. The van der Waals surface area contributed by atoms with E-state index in [0.29, 0.717) is 17.0 Å². The number of carbonyl (C=O) groups is 1. The van der Waals surface area contributed by atoms with E-state index >= 15 is 0 Å². The summed E-state index contributed by atoms with van der Waals surface area (Å²) in [7, 11) is 0. The molecule has 0 saturated heterocycles. The minimum absolute atomic E-state index is 0.0237. The van der Waals surface area contributed by atoms with Gasteiger partial charge in [0, 0.05) is 10.3 Å². The number of halogens is 1. The van der Waals surface area contributed by atoms with Crippen molar-refractivity contribution in [3.05, 3.63) is 0 Å². The van der Waals surface area contributed by atoms with Crippen LogP contribution in [0.25, 0.3) is 0 Å². The molecule has 0 aromatic heterocycles. The molecule has 0 aromatic carbocycles. The van der Waals surface area contributed by atoms with Crippen LogP contribution in [0.2, 0.25) is 0 Å². The quantitative estimate of drug-likeness (QED) is 0.155. The molecule has 0 bridgehead atoms. The fourth-order valence-electron chi connectivity index (χ4n) is 2.16. The van der Waals surface area contributed by atoms with Crippen LogP contribution in [-0.2, 0) is 9.53 Å². The second-order valence-corrected chi connectivity index (χ2v) is 7.85. The van der Waals surface area contributed by atoms with Gasteiger partial charge in [0.15, 0.2) is 0 Å². The average molecular weight is 396 g/mol. The predicted molar refractivity (Wildman–Crippen MR) is 95.5 cm³/mol. The summed E-state index contributed by atoms with van der Waals surface area (Å²) in [5.74, 6) is -0.0237. The van der Waals surface area contributed by atoms with Crippen LogP contribution in [0.3, 0.4) is 0 Å². The number of rotatable bonds is 14. The molecule has 0 heterocycles. The van der Waals surface area contributed by atoms with Gasteiger partial charge in [-0.15, -0.1) is 0 Å². The van der Waals surface area contributed by atoms with Gasteiger partial charge in [0.05, 0.1) is 6.61 Å². The van der Waals surface area contributed by atoms with Gasteiger partial charge in [-0.2, -0.15) is 0 Å². The van der Waals surface area contributed by atoms with Crippen LogP contribution in [0.4, 0.5) is 0 Å². The topological polar surface area (TPSA) is 26.3 Å². The van der Waals surface area contributed by atoms with E-state index in [1.807, 2.05) is 0 Å². The molecule has 0 radical (unpaired) electrons. The summed E-state index contributed by atoms with van der Waals surface area (Å²) in [6.45, 7) is 5.00. The van der Waals surface area contributed by atoms with Gasteiger partial charge in [-0.3, -0.25) is 4.79 Å². The molecule has 1 unspecified atom stereocenters. The molecule has 2 nitrogen and oxygen atoms in total. The van der Waals surface area contributed by atoms with Gasteiger partial charge in [0.1, 0.15) is 0 Å². The van der Waals surface area contributed by atoms with Gasteiger partial charge < -0.3 is 4.74 Å². The smallest absolute Gasteiger partial charge is 0.305 e. The Bertz CT molecular complexity index is 217. The lowest BCUT2D eigenvalue weighted by Gasteiger charge is -2.06. The molecule has 0 aliphatic heterocycles. The molecule has 0 saturated carbocycles. The van der Waals surface area contributed by atoms with Gasteiger partial charge in [0.2, 0.25) is 0 Å². The third-order valence-electron chi connectivity index (χ3n) is 3.51. The highest BCUT2D eigenvalue weighted by Crippen LogP contribution is 2.11. The second kappa shape index (κ2) is 15.6. The number of hydrogen-bond donors (Lipinski definition) is 0. The maximum absolute atomic E-state index is 11.4. The predicted octanol–water partition coefficient (Wildman–Crippen LogP) is 6.05. The van der Waals surface area contributed by atoms with E-state index in [2.05, 4.69) is 36.4 Å². The van der Waals surface area contributed by atoms with E-state index in [9.17, 15) is 4.79 Å². The molecule has 0 N–H and O–H groups in total. The third kappa shape index (κ3) is 16.3. The number of alkyl halides is 1. The average Bonchev–Trinajstić information content (AvgIpc) is 2.42. The molecule has 0 spiro atoms. The van der Waals surface area contributed by atoms with Crippen LogP contribution in [0.5, 0.6) is 0 Å². The number of esters is 1. The van der Waals surface area contributed by atoms with Crippen LogP contribution in [0.1, 0.15) is 90.9 Å². The lowest BCUT2D eigenvalue weighted by molar-refractivity contribution is -0.143. The Morgan fingerprint density at radius 3 is 1.95 bits per heavy atom. The largest absolute Gasteiger partial charge is 0.466 e. The summed E-state index contributed by atoms with van der Waals surface area (Å²) >= 11 is 2.34. The van der Waals surface area contributed by atoms with Gasteiger partial charge in [0.25, 0.3) is 0 Å². The zero-order valence-corrected chi connectivity index (χ0v) is 15.6. The first kappa shape index (κ1) is 20.2. The molecule has 3 heteroatoms. The fraction of sp³-hybridized carbons (Fsp3) is 0.941. The van der Waals surface area contributed by atoms with E-state index < -0.39 is 0 Å². The lowest BCUT2D eigenvalue weighted by atomic mass is 10.1. The van der Waals surface area contributed by atoms with Crippen LogP contribution in [0.15, 0.2) is 0 Å². The number of ether oxygens (including phenoxy) is 1. The first-order chi connectivity index (χ1) is 9.66. The van der Waals surface area contributed by atoms with Crippen molar-refractivity contribution in [1.82, 2.24) is 0 Å². The molecule has 0 rings (SSSR count). The minimum Gasteiger partial charge on any atom is -0.466 e. The van der Waals surface area contributed by atoms with Gasteiger partial charge in [-0.1, -0.05) is 94.2 Å². The van der Waals surface area contributed by atoms with Crippen molar-refractivity contribution in [3.63, 3.8) is 0 Å². The molecule has 0 aromatic rings. The van der Waals surface area contributed by atoms with Crippen molar-refractivity contribution in [2.75, 3.05) is 6.61 Å². The highest BCUT2D eigenvalue weighted by molar-refractivity contribution is 14.1. The molecule has 20 heavy (non-hydrogen) atoms. The van der Waals surface area contributed by atoms with Crippen LogP contribution in [-0.4, -0.2) is 16.5 Å². The van der Waals surface area contributed by atoms with E-state index in [1.54, 1.807) is 0 Å². The fourth-order valence-corrected chi connectivity index (χ4v) is 2.48. The van der Waals surface area contributed by atoms with Crippen molar-refractivity contribution < 1.29 is 9.53 Å². The van der Waals surface area contributed by atoms with Crippen LogP contribution < -0.4 is 0 Å². The summed E-state index contributed by atoms with van der Waals surface area (Å²) in [5.41, 5.74) is 0. The Morgan fingerprint density at radius 2 is 1.45 bits per heavy atom. The monoisotopic (exact) mass is 396 g/mol. The molecule has 0 aliphatic rings. The van der Waals surface area contributed by atoms with Gasteiger partial charge in [-0.25, -0.2) is 0 Å². The maximum atomic E-state index is 11.4. The van der Waals surface area contributed by atoms with Crippen molar-refractivity contribution in [2.45, 2.75) is 94.8 Å². The Morgan fingerprint density at radius 1 is 0.950 bits per heavy atom. The van der Waals surface area contributed by atoms with Crippen molar-refractivity contribution >= 4 is 28.6 Å². The van der Waals surface area contributed by atoms with E-state index in [4.69, 9.17) is 4.74 Å². The Balaban J connectivity index is 3.11. The summed E-state index contributed by atoms with van der Waals surface area (Å²) in [6, 6.07) is 0. The lowest BCUT2D eigenvalue weighted by Crippen LogP contribution is -2.07. The highest BCUT2D eigenvalue weighted by Gasteiger charge is 2.04. The second-order valence-electron chi connectivity index (χ2n) is 5.72. The molecule has 0 fully saturated rings. The minimum atomic E-state index is -0.0237. The number of hydrogen-bond acceptors (Lipinski definition) is 2. The van der Waals surface area contributed by atoms with Crippen LogP contribution in [0, 0.1) is 0 Å². The Hall–Kier alpha value is 0.200. The van der Waals surface area contributed by atoms with E-state index in [0.717, 1.165) is 12.8 Å². The molecular weight excluding hydrogens is 363 g/mol. The highest BCUT2D eigenvalue weighted by atomic mass is 127. The molecular formula is C17H33IO2. The molecule has 0 amide bonds. The zero-order chi connectivity index (χ0) is 15.1. The maximum Gasteiger partial charge on any atom is 0.305 e. The number of unbranched alkanes of at least 4 members (excludes halogenated alkanes) is 9. The van der Waals surface area contributed by atoms with Crippen molar-refractivity contribution in [3.8, 4) is 0 Å². The standard InChI is InChI=1S/C17H33IO2/c1-3-4-5-6-7-8-9-10-11-12-15-20-17(19)14-13-16(2)18/h16H,3-15H2,1-2H3. The van der Waals surface area contributed by atoms with E-state index in [1.165, 1.54) is 57.8 Å². The molecule has 1 atom stereocenters. The normalized spacial score (nSPS) is 12.3.